The summed E-state index contributed by atoms with van der Waals surface area (Å²) in [5.41, 5.74) is 2.72. The number of aromatic amines is 1. The summed E-state index contributed by atoms with van der Waals surface area (Å²) in [6, 6.07) is 13.6. The highest BCUT2D eigenvalue weighted by molar-refractivity contribution is 8.00. The molecule has 144 valence electrons. The average Bonchev–Trinajstić information content (AvgIpc) is 3.28. The topological polar surface area (TPSA) is 79.9 Å². The monoisotopic (exact) mass is 412 g/mol. The SMILES string of the molecule is CCOc1ccc2nc(NC(=O)C(CC)Sc3nc4ccccc4[nH]3)sc2c1. The number of carbonyl (C=O) groups is 1. The summed E-state index contributed by atoms with van der Waals surface area (Å²) >= 11 is 2.88. The molecule has 0 bridgehead atoms. The van der Waals surface area contributed by atoms with Gasteiger partial charge in [0, 0.05) is 0 Å². The van der Waals surface area contributed by atoms with Gasteiger partial charge in [0.15, 0.2) is 10.3 Å². The second-order valence-electron chi connectivity index (χ2n) is 6.14. The fourth-order valence-corrected chi connectivity index (χ4v) is 4.66. The van der Waals surface area contributed by atoms with E-state index < -0.39 is 0 Å². The van der Waals surface area contributed by atoms with Crippen LogP contribution in [0.25, 0.3) is 21.3 Å². The third-order valence-electron chi connectivity index (χ3n) is 4.19. The Morgan fingerprint density at radius 2 is 2.07 bits per heavy atom. The number of para-hydroxylation sites is 2. The molecule has 0 aliphatic heterocycles. The van der Waals surface area contributed by atoms with Gasteiger partial charge in [-0.2, -0.15) is 0 Å². The first-order valence-corrected chi connectivity index (χ1v) is 10.8. The third-order valence-corrected chi connectivity index (χ3v) is 6.37. The number of anilines is 1. The highest BCUT2D eigenvalue weighted by Crippen LogP contribution is 2.31. The van der Waals surface area contributed by atoms with E-state index in [1.165, 1.54) is 23.1 Å². The number of benzene rings is 2. The van der Waals surface area contributed by atoms with Gasteiger partial charge in [0.1, 0.15) is 5.75 Å². The summed E-state index contributed by atoms with van der Waals surface area (Å²) in [6.07, 6.45) is 0.687. The fraction of sp³-hybridized carbons (Fsp3) is 0.250. The molecule has 6 nitrogen and oxygen atoms in total. The molecular weight excluding hydrogens is 392 g/mol. The highest BCUT2D eigenvalue weighted by atomic mass is 32.2. The maximum atomic E-state index is 12.8. The Hall–Kier alpha value is -2.58. The highest BCUT2D eigenvalue weighted by Gasteiger charge is 2.21. The molecule has 2 N–H and O–H groups in total. The number of rotatable bonds is 7. The molecule has 1 unspecified atom stereocenters. The molecule has 0 radical (unpaired) electrons. The lowest BCUT2D eigenvalue weighted by molar-refractivity contribution is -0.115. The van der Waals surface area contributed by atoms with Crippen LogP contribution in [0.15, 0.2) is 47.6 Å². The standard InChI is InChI=1S/C20H20N4O2S2/c1-3-16(27-19-21-13-7-5-6-8-14(13)22-19)18(25)24-20-23-15-10-9-12(26-4-2)11-17(15)28-20/h5-11,16H,3-4H2,1-2H3,(H,21,22)(H,23,24,25). The number of hydrogen-bond acceptors (Lipinski definition) is 6. The first-order chi connectivity index (χ1) is 13.7. The summed E-state index contributed by atoms with van der Waals surface area (Å²) in [6.45, 7) is 4.56. The van der Waals surface area contributed by atoms with Crippen molar-refractivity contribution in [1.29, 1.82) is 0 Å². The Morgan fingerprint density at radius 3 is 2.86 bits per heavy atom. The average molecular weight is 413 g/mol. The van der Waals surface area contributed by atoms with E-state index in [2.05, 4.69) is 20.3 Å². The van der Waals surface area contributed by atoms with Crippen LogP contribution in [0.3, 0.4) is 0 Å². The minimum absolute atomic E-state index is 0.0722. The van der Waals surface area contributed by atoms with Gasteiger partial charge < -0.3 is 15.0 Å². The van der Waals surface area contributed by atoms with Crippen LogP contribution in [0, 0.1) is 0 Å². The van der Waals surface area contributed by atoms with E-state index in [-0.39, 0.29) is 11.2 Å². The van der Waals surface area contributed by atoms with Crippen molar-refractivity contribution < 1.29 is 9.53 Å². The molecule has 8 heteroatoms. The van der Waals surface area contributed by atoms with Crippen molar-refractivity contribution in [3.63, 3.8) is 0 Å². The Bertz CT molecular complexity index is 1090. The Balaban J connectivity index is 1.48. The molecule has 4 aromatic rings. The van der Waals surface area contributed by atoms with Gasteiger partial charge in [0.25, 0.3) is 0 Å². The summed E-state index contributed by atoms with van der Waals surface area (Å²) in [7, 11) is 0. The van der Waals surface area contributed by atoms with E-state index in [9.17, 15) is 4.79 Å². The number of H-pyrrole nitrogens is 1. The molecule has 0 saturated carbocycles. The van der Waals surface area contributed by atoms with E-state index >= 15 is 0 Å². The van der Waals surface area contributed by atoms with Crippen molar-refractivity contribution in [1.82, 2.24) is 15.0 Å². The zero-order valence-corrected chi connectivity index (χ0v) is 17.2. The van der Waals surface area contributed by atoms with Crippen molar-refractivity contribution in [2.45, 2.75) is 30.7 Å². The number of ether oxygens (including phenoxy) is 1. The summed E-state index contributed by atoms with van der Waals surface area (Å²) in [5, 5.41) is 4.03. The molecule has 2 aromatic carbocycles. The molecule has 4 rings (SSSR count). The summed E-state index contributed by atoms with van der Waals surface area (Å²) in [5.74, 6) is 0.737. The Morgan fingerprint density at radius 1 is 1.21 bits per heavy atom. The number of carbonyl (C=O) groups excluding carboxylic acids is 1. The van der Waals surface area contributed by atoms with Gasteiger partial charge in [0.2, 0.25) is 5.91 Å². The van der Waals surface area contributed by atoms with Crippen LogP contribution in [0.5, 0.6) is 5.75 Å². The second-order valence-corrected chi connectivity index (χ2v) is 8.37. The van der Waals surface area contributed by atoms with E-state index in [4.69, 9.17) is 4.74 Å². The maximum absolute atomic E-state index is 12.8. The normalized spacial score (nSPS) is 12.4. The molecule has 2 heterocycles. The summed E-state index contributed by atoms with van der Waals surface area (Å²) < 4.78 is 6.51. The predicted molar refractivity (Wildman–Crippen MR) is 115 cm³/mol. The lowest BCUT2D eigenvalue weighted by Gasteiger charge is -2.11. The van der Waals surface area contributed by atoms with E-state index in [1.807, 2.05) is 56.3 Å². The van der Waals surface area contributed by atoms with Crippen molar-refractivity contribution in [2.24, 2.45) is 0 Å². The van der Waals surface area contributed by atoms with Gasteiger partial charge in [-0.25, -0.2) is 9.97 Å². The molecular formula is C20H20N4O2S2. The van der Waals surface area contributed by atoms with Gasteiger partial charge in [-0.15, -0.1) is 0 Å². The second kappa shape index (κ2) is 8.20. The van der Waals surface area contributed by atoms with Crippen LogP contribution in [-0.4, -0.2) is 32.7 Å². The zero-order chi connectivity index (χ0) is 19.5. The van der Waals surface area contributed by atoms with Crippen molar-refractivity contribution in [2.75, 3.05) is 11.9 Å². The zero-order valence-electron chi connectivity index (χ0n) is 15.6. The number of nitrogens with one attached hydrogen (secondary N) is 2. The van der Waals surface area contributed by atoms with Crippen molar-refractivity contribution in [3.05, 3.63) is 42.5 Å². The van der Waals surface area contributed by atoms with Crippen LogP contribution in [0.1, 0.15) is 20.3 Å². The number of nitrogens with zero attached hydrogens (tertiary/aromatic N) is 2. The van der Waals surface area contributed by atoms with Crippen LogP contribution < -0.4 is 10.1 Å². The van der Waals surface area contributed by atoms with E-state index in [0.29, 0.717) is 18.2 Å². The number of hydrogen-bond donors (Lipinski definition) is 2. The summed E-state index contributed by atoms with van der Waals surface area (Å²) in [4.78, 5) is 25.1. The van der Waals surface area contributed by atoms with E-state index in [0.717, 1.165) is 32.2 Å². The smallest absolute Gasteiger partial charge is 0.239 e. The molecule has 1 atom stereocenters. The van der Waals surface area contributed by atoms with Gasteiger partial charge in [-0.05, 0) is 43.7 Å². The molecule has 28 heavy (non-hydrogen) atoms. The quantitative estimate of drug-likeness (QED) is 0.414. The number of fused-ring (bicyclic) bond motifs is 2. The maximum Gasteiger partial charge on any atom is 0.239 e. The molecule has 2 aromatic heterocycles. The van der Waals surface area contributed by atoms with Gasteiger partial charge in [-0.3, -0.25) is 4.79 Å². The van der Waals surface area contributed by atoms with Crippen molar-refractivity contribution in [3.8, 4) is 5.75 Å². The number of amides is 1. The first-order valence-electron chi connectivity index (χ1n) is 9.12. The first kappa shape index (κ1) is 18.8. The minimum atomic E-state index is -0.258. The Kier molecular flexibility index (Phi) is 5.50. The van der Waals surface area contributed by atoms with E-state index in [1.54, 1.807) is 0 Å². The van der Waals surface area contributed by atoms with Crippen LogP contribution in [0.2, 0.25) is 0 Å². The molecule has 0 aliphatic carbocycles. The largest absolute Gasteiger partial charge is 0.494 e. The lowest BCUT2D eigenvalue weighted by Crippen LogP contribution is -2.24. The number of aromatic nitrogens is 3. The predicted octanol–water partition coefficient (Wildman–Crippen LogP) is 5.08. The molecule has 0 spiro atoms. The molecule has 1 amide bonds. The van der Waals surface area contributed by atoms with Crippen molar-refractivity contribution >= 4 is 55.4 Å². The minimum Gasteiger partial charge on any atom is -0.494 e. The van der Waals surface area contributed by atoms with Crippen LogP contribution in [0.4, 0.5) is 5.13 Å². The van der Waals surface area contributed by atoms with Gasteiger partial charge >= 0.3 is 0 Å². The van der Waals surface area contributed by atoms with Crippen LogP contribution >= 0.6 is 23.1 Å². The Labute approximate surface area is 170 Å². The van der Waals surface area contributed by atoms with Crippen LogP contribution in [-0.2, 0) is 4.79 Å². The van der Waals surface area contributed by atoms with Gasteiger partial charge in [-0.1, -0.05) is 42.2 Å². The fourth-order valence-electron chi connectivity index (χ4n) is 2.84. The molecule has 0 saturated heterocycles. The number of imidazole rings is 1. The lowest BCUT2D eigenvalue weighted by atomic mass is 10.3. The molecule has 0 fully saturated rings. The third kappa shape index (κ3) is 3.98. The molecule has 0 aliphatic rings. The number of thioether (sulfide) groups is 1. The van der Waals surface area contributed by atoms with Gasteiger partial charge in [0.05, 0.1) is 33.1 Å². The number of thiazole rings is 1.